The van der Waals surface area contributed by atoms with Crippen molar-refractivity contribution in [2.75, 3.05) is 27.5 Å². The zero-order valence-electron chi connectivity index (χ0n) is 7.26. The molecule has 0 heterocycles. The van der Waals surface area contributed by atoms with Gasteiger partial charge < -0.3 is 0 Å². The van der Waals surface area contributed by atoms with Crippen molar-refractivity contribution in [1.82, 2.24) is 0 Å². The van der Waals surface area contributed by atoms with Crippen molar-refractivity contribution in [3.8, 4) is 0 Å². The van der Waals surface area contributed by atoms with E-state index in [1.54, 1.807) is 14.2 Å². The van der Waals surface area contributed by atoms with Crippen LogP contribution < -0.4 is 0 Å². The minimum atomic E-state index is -1.40. The molecule has 2 nitrogen and oxygen atoms in total. The molecule has 0 aliphatic heterocycles. The average molecular weight is 153 g/mol. The van der Waals surface area contributed by atoms with Crippen LogP contribution in [0, 0.1) is 0 Å². The Morgan fingerprint density at radius 2 is 1.11 bits per heavy atom. The van der Waals surface area contributed by atoms with Crippen LogP contribution in [0.25, 0.3) is 0 Å². The van der Waals surface area contributed by atoms with Crippen molar-refractivity contribution in [1.29, 1.82) is 0 Å². The molecule has 0 spiro atoms. The molecule has 0 aliphatic carbocycles. The topological polar surface area (TPSA) is 18.5 Å². The first-order valence-electron chi connectivity index (χ1n) is 3.08. The Bertz CT molecular complexity index is 49.0. The predicted octanol–water partition coefficient (Wildman–Crippen LogP) is 2.41. The fourth-order valence-corrected chi connectivity index (χ4v) is 0.224. The van der Waals surface area contributed by atoms with Crippen molar-refractivity contribution in [3.63, 3.8) is 0 Å². The van der Waals surface area contributed by atoms with Crippen LogP contribution in [0.1, 0.15) is 13.8 Å². The normalized spacial score (nSPS) is 10.0. The first-order chi connectivity index (χ1) is 4.12. The lowest BCUT2D eigenvalue weighted by Gasteiger charge is -2.07. The van der Waals surface area contributed by atoms with Gasteiger partial charge in [0.2, 0.25) is 0 Å². The molecule has 0 aliphatic rings. The van der Waals surface area contributed by atoms with Crippen molar-refractivity contribution in [2.24, 2.45) is 0 Å². The second kappa shape index (κ2) is 6.47. The molecule has 0 saturated heterocycles. The largest absolute Gasteiger partial charge is 0.268 e. The van der Waals surface area contributed by atoms with Gasteiger partial charge in [-0.2, -0.15) is 0 Å². The van der Waals surface area contributed by atoms with Crippen molar-refractivity contribution >= 4 is 7.72 Å². The lowest BCUT2D eigenvalue weighted by Crippen LogP contribution is -1.91. The van der Waals surface area contributed by atoms with Gasteiger partial charge in [-0.05, 0) is 0 Å². The molecule has 0 aromatic heterocycles. The van der Waals surface area contributed by atoms with E-state index >= 15 is 0 Å². The molecule has 0 N–H and O–H groups in total. The summed E-state index contributed by atoms with van der Waals surface area (Å²) in [7, 11) is 1.92. The Labute approximate surface area is 59.1 Å². The fraction of sp³-hybridized carbons (Fsp3) is 1.00. The molecule has 0 radical (unpaired) electrons. The smallest absolute Gasteiger partial charge is 0.210 e. The van der Waals surface area contributed by atoms with Gasteiger partial charge in [-0.25, -0.2) is 9.05 Å². The minimum absolute atomic E-state index is 1.40. The molecule has 0 aromatic carbocycles. The zero-order chi connectivity index (χ0) is 7.91. The molecule has 0 atom stereocenters. The summed E-state index contributed by atoms with van der Waals surface area (Å²) in [4.78, 5) is 0. The highest BCUT2D eigenvalue weighted by Gasteiger charge is 2.23. The van der Waals surface area contributed by atoms with Gasteiger partial charge in [0, 0.05) is 0 Å². The van der Waals surface area contributed by atoms with Gasteiger partial charge in [0.15, 0.2) is 0 Å². The maximum absolute atomic E-state index is 4.98. The highest BCUT2D eigenvalue weighted by Crippen LogP contribution is 2.51. The molecular formula is C6H18O2P+. The van der Waals surface area contributed by atoms with Crippen molar-refractivity contribution in [2.45, 2.75) is 13.8 Å². The third kappa shape index (κ3) is 8.35. The SMILES string of the molecule is CC.CO[P+](C)(C)OC. The number of rotatable bonds is 2. The Kier molecular flexibility index (Phi) is 8.67. The summed E-state index contributed by atoms with van der Waals surface area (Å²) in [6.45, 7) is 7.93. The van der Waals surface area contributed by atoms with Crippen LogP contribution in [0.5, 0.6) is 0 Å². The molecule has 0 fully saturated rings. The Hall–Kier alpha value is 0.350. The summed E-state index contributed by atoms with van der Waals surface area (Å²) < 4.78 is 9.95. The standard InChI is InChI=1S/C4H12O2P.C2H6/c1-5-7(3,4)6-2;1-2/h1-4H3;1-2H3/q+1;. The second-order valence-corrected chi connectivity index (χ2v) is 4.85. The quantitative estimate of drug-likeness (QED) is 0.567. The van der Waals surface area contributed by atoms with Gasteiger partial charge >= 0.3 is 0 Å². The zero-order valence-corrected chi connectivity index (χ0v) is 8.16. The molecule has 58 valence electrons. The minimum Gasteiger partial charge on any atom is -0.210 e. The molecule has 3 heteroatoms. The van der Waals surface area contributed by atoms with E-state index in [1.807, 2.05) is 27.2 Å². The molecule has 0 amide bonds. The van der Waals surface area contributed by atoms with E-state index in [2.05, 4.69) is 0 Å². The first kappa shape index (κ1) is 12.1. The Balaban J connectivity index is 0. The van der Waals surface area contributed by atoms with Gasteiger partial charge in [-0.3, -0.25) is 0 Å². The van der Waals surface area contributed by atoms with Crippen LogP contribution in [0.4, 0.5) is 0 Å². The molecule has 0 bridgehead atoms. The summed E-state index contributed by atoms with van der Waals surface area (Å²) in [6.07, 6.45) is 0. The van der Waals surface area contributed by atoms with Crippen LogP contribution in [0.3, 0.4) is 0 Å². The lowest BCUT2D eigenvalue weighted by molar-refractivity contribution is 0.327. The van der Waals surface area contributed by atoms with Crippen LogP contribution in [-0.4, -0.2) is 27.5 Å². The second-order valence-electron chi connectivity index (χ2n) is 1.62. The number of hydrogen-bond acceptors (Lipinski definition) is 2. The van der Waals surface area contributed by atoms with Crippen LogP contribution in [0.2, 0.25) is 0 Å². The van der Waals surface area contributed by atoms with Crippen molar-refractivity contribution < 1.29 is 9.05 Å². The van der Waals surface area contributed by atoms with E-state index in [4.69, 9.17) is 9.05 Å². The maximum Gasteiger partial charge on any atom is 0.268 e. The maximum atomic E-state index is 4.98. The van der Waals surface area contributed by atoms with Gasteiger partial charge in [0.1, 0.15) is 13.3 Å². The third-order valence-corrected chi connectivity index (χ3v) is 2.64. The molecule has 9 heavy (non-hydrogen) atoms. The number of hydrogen-bond donors (Lipinski definition) is 0. The van der Waals surface area contributed by atoms with Crippen LogP contribution in [-0.2, 0) is 9.05 Å². The molecule has 0 saturated carbocycles. The first-order valence-corrected chi connectivity index (χ1v) is 5.60. The summed E-state index contributed by atoms with van der Waals surface area (Å²) >= 11 is 0. The van der Waals surface area contributed by atoms with Gasteiger partial charge in [0.25, 0.3) is 7.72 Å². The van der Waals surface area contributed by atoms with Gasteiger partial charge in [-0.1, -0.05) is 13.8 Å². The average Bonchev–Trinajstić information content (AvgIpc) is 1.93. The van der Waals surface area contributed by atoms with E-state index in [0.717, 1.165) is 0 Å². The fourth-order valence-electron chi connectivity index (χ4n) is 0.0745. The lowest BCUT2D eigenvalue weighted by atomic mass is 11.0. The van der Waals surface area contributed by atoms with Crippen LogP contribution >= 0.6 is 7.72 Å². The highest BCUT2D eigenvalue weighted by atomic mass is 31.2. The highest BCUT2D eigenvalue weighted by molar-refractivity contribution is 7.64. The summed E-state index contributed by atoms with van der Waals surface area (Å²) in [5.74, 6) is 0. The van der Waals surface area contributed by atoms with E-state index in [0.29, 0.717) is 0 Å². The predicted molar refractivity (Wildman–Crippen MR) is 44.1 cm³/mol. The summed E-state index contributed by atoms with van der Waals surface area (Å²) in [5, 5.41) is 0. The third-order valence-electron chi connectivity index (χ3n) is 0.879. The van der Waals surface area contributed by atoms with Gasteiger partial charge in [-0.15, -0.1) is 0 Å². The molecule has 0 unspecified atom stereocenters. The summed E-state index contributed by atoms with van der Waals surface area (Å²) in [5.41, 5.74) is 0. The van der Waals surface area contributed by atoms with Gasteiger partial charge in [0.05, 0.1) is 14.2 Å². The molecule has 0 rings (SSSR count). The van der Waals surface area contributed by atoms with E-state index < -0.39 is 7.72 Å². The Morgan fingerprint density at radius 3 is 1.11 bits per heavy atom. The van der Waals surface area contributed by atoms with Crippen LogP contribution in [0.15, 0.2) is 0 Å². The van der Waals surface area contributed by atoms with E-state index in [1.165, 1.54) is 0 Å². The van der Waals surface area contributed by atoms with E-state index in [9.17, 15) is 0 Å². The van der Waals surface area contributed by atoms with E-state index in [-0.39, 0.29) is 0 Å². The molecular weight excluding hydrogens is 135 g/mol. The Morgan fingerprint density at radius 1 is 0.889 bits per heavy atom. The monoisotopic (exact) mass is 153 g/mol. The van der Waals surface area contributed by atoms with Crippen molar-refractivity contribution in [3.05, 3.63) is 0 Å². The molecule has 0 aromatic rings. The summed E-state index contributed by atoms with van der Waals surface area (Å²) in [6, 6.07) is 0.